The molecule has 0 aromatic carbocycles. The van der Waals surface area contributed by atoms with Crippen molar-refractivity contribution >= 4 is 9.47 Å². The third-order valence-corrected chi connectivity index (χ3v) is 1.68. The minimum atomic E-state index is -0.721. The van der Waals surface area contributed by atoms with E-state index in [1.807, 2.05) is 9.47 Å². The lowest BCUT2D eigenvalue weighted by molar-refractivity contribution is -0.193. The summed E-state index contributed by atoms with van der Waals surface area (Å²) in [7, 11) is 2.02. The van der Waals surface area contributed by atoms with Gasteiger partial charge >= 0.3 is 0 Å². The molecule has 1 heterocycles. The lowest BCUT2D eigenvalue weighted by atomic mass is 10.1. The number of aliphatic hydroxyl groups excluding tert-OH is 2. The van der Waals surface area contributed by atoms with Crippen molar-refractivity contribution in [1.29, 1.82) is 0 Å². The molecule has 4 unspecified atom stereocenters. The van der Waals surface area contributed by atoms with E-state index in [2.05, 4.69) is 4.52 Å². The van der Waals surface area contributed by atoms with Crippen molar-refractivity contribution in [3.05, 3.63) is 0 Å². The minimum Gasteiger partial charge on any atom is -0.391 e. The van der Waals surface area contributed by atoms with Gasteiger partial charge in [0.2, 0.25) is 0 Å². The number of aliphatic hydroxyl groups is 2. The Morgan fingerprint density at radius 2 is 2.20 bits per heavy atom. The average molecular weight is 166 g/mol. The summed E-state index contributed by atoms with van der Waals surface area (Å²) in [4.78, 5) is 0. The molecule has 1 aliphatic rings. The maximum Gasteiger partial charge on any atom is 0.186 e. The molecule has 0 radical (unpaired) electrons. The fraction of sp³-hybridized carbons (Fsp3) is 1.00. The van der Waals surface area contributed by atoms with E-state index in [0.717, 1.165) is 0 Å². The van der Waals surface area contributed by atoms with E-state index in [1.54, 1.807) is 0 Å². The van der Waals surface area contributed by atoms with Gasteiger partial charge in [0.25, 0.3) is 0 Å². The van der Waals surface area contributed by atoms with Gasteiger partial charge in [0.1, 0.15) is 6.10 Å². The molecule has 10 heavy (non-hydrogen) atoms. The van der Waals surface area contributed by atoms with E-state index >= 15 is 0 Å². The Morgan fingerprint density at radius 3 is 2.70 bits per heavy atom. The first-order valence-electron chi connectivity index (χ1n) is 3.07. The Bertz CT molecular complexity index is 110. The summed E-state index contributed by atoms with van der Waals surface area (Å²) in [6.07, 6.45) is -1.57. The molecule has 4 atom stereocenters. The number of hydrogen-bond donors (Lipinski definition) is 2. The van der Waals surface area contributed by atoms with E-state index < -0.39 is 18.5 Å². The first-order valence-corrected chi connectivity index (χ1v) is 3.54. The lowest BCUT2D eigenvalue weighted by Crippen LogP contribution is -2.41. The molecule has 5 heteroatoms. The van der Waals surface area contributed by atoms with Gasteiger partial charge in [-0.2, -0.15) is 0 Å². The molecule has 60 valence electrons. The topological polar surface area (TPSA) is 58.9 Å². The zero-order chi connectivity index (χ0) is 7.56. The van der Waals surface area contributed by atoms with Crippen LogP contribution in [0.1, 0.15) is 6.42 Å². The van der Waals surface area contributed by atoms with E-state index in [-0.39, 0.29) is 6.61 Å². The van der Waals surface area contributed by atoms with Gasteiger partial charge in [0, 0.05) is 15.9 Å². The van der Waals surface area contributed by atoms with Crippen molar-refractivity contribution in [3.8, 4) is 0 Å². The highest BCUT2D eigenvalue weighted by molar-refractivity contribution is 7.09. The van der Waals surface area contributed by atoms with Gasteiger partial charge in [-0.3, -0.25) is 0 Å². The first kappa shape index (κ1) is 8.37. The van der Waals surface area contributed by atoms with Crippen molar-refractivity contribution in [2.75, 3.05) is 6.61 Å². The molecular weight excluding hydrogens is 155 g/mol. The van der Waals surface area contributed by atoms with E-state index in [0.29, 0.717) is 6.42 Å². The van der Waals surface area contributed by atoms with Crippen LogP contribution in [0.15, 0.2) is 0 Å². The number of hydrogen-bond acceptors (Lipinski definition) is 4. The van der Waals surface area contributed by atoms with Crippen molar-refractivity contribution in [3.63, 3.8) is 0 Å². The molecule has 0 aliphatic carbocycles. The van der Waals surface area contributed by atoms with Crippen LogP contribution in [0.5, 0.6) is 0 Å². The average Bonchev–Trinajstić information content (AvgIpc) is 1.88. The zero-order valence-corrected chi connectivity index (χ0v) is 6.59. The first-order chi connectivity index (χ1) is 4.74. The molecule has 0 amide bonds. The number of rotatable bonds is 1. The highest BCUT2D eigenvalue weighted by Crippen LogP contribution is 2.16. The summed E-state index contributed by atoms with van der Waals surface area (Å²) in [6, 6.07) is 0. The third-order valence-electron chi connectivity index (χ3n) is 1.41. The van der Waals surface area contributed by atoms with Gasteiger partial charge < -0.3 is 19.5 Å². The quantitative estimate of drug-likeness (QED) is 0.504. The maximum absolute atomic E-state index is 9.12. The summed E-state index contributed by atoms with van der Waals surface area (Å²) in [5.74, 6) is 0. The van der Waals surface area contributed by atoms with Crippen LogP contribution in [0.3, 0.4) is 0 Å². The maximum atomic E-state index is 9.12. The predicted octanol–water partition coefficient (Wildman–Crippen LogP) is -0.739. The molecule has 1 fully saturated rings. The second-order valence-electron chi connectivity index (χ2n) is 2.29. The molecule has 0 aromatic heterocycles. The van der Waals surface area contributed by atoms with Crippen LogP contribution in [0.2, 0.25) is 0 Å². The van der Waals surface area contributed by atoms with Crippen LogP contribution < -0.4 is 0 Å². The second kappa shape index (κ2) is 3.60. The minimum absolute atomic E-state index is 0.232. The van der Waals surface area contributed by atoms with Crippen LogP contribution in [0, 0.1) is 0 Å². The monoisotopic (exact) mass is 166 g/mol. The summed E-state index contributed by atoms with van der Waals surface area (Å²) in [5.41, 5.74) is 0. The summed E-state index contributed by atoms with van der Waals surface area (Å²) < 4.78 is 9.59. The summed E-state index contributed by atoms with van der Waals surface area (Å²) in [6.45, 7) is 0.232. The molecular formula is C5H11O4P. The standard InChI is InChI=1S/C5H11O4P/c6-3-1-4(7)5(9-10)8-2-3/h3-7H,1-2,10H2. The molecule has 0 spiro atoms. The van der Waals surface area contributed by atoms with Crippen LogP contribution >= 0.6 is 9.47 Å². The Hall–Kier alpha value is 0.270. The van der Waals surface area contributed by atoms with Crippen LogP contribution in [-0.2, 0) is 9.26 Å². The van der Waals surface area contributed by atoms with Crippen molar-refractivity contribution in [1.82, 2.24) is 0 Å². The van der Waals surface area contributed by atoms with Gasteiger partial charge in [-0.15, -0.1) is 0 Å². The van der Waals surface area contributed by atoms with Crippen molar-refractivity contribution in [2.24, 2.45) is 0 Å². The van der Waals surface area contributed by atoms with E-state index in [1.165, 1.54) is 0 Å². The SMILES string of the molecule is OC1COC(OP)C(O)C1. The largest absolute Gasteiger partial charge is 0.391 e. The smallest absolute Gasteiger partial charge is 0.186 e. The zero-order valence-electron chi connectivity index (χ0n) is 5.43. The van der Waals surface area contributed by atoms with E-state index in [9.17, 15) is 0 Å². The predicted molar refractivity (Wildman–Crippen MR) is 37.2 cm³/mol. The molecule has 0 saturated carbocycles. The Morgan fingerprint density at radius 1 is 1.50 bits per heavy atom. The Kier molecular flexibility index (Phi) is 3.01. The molecule has 2 N–H and O–H groups in total. The summed E-state index contributed by atoms with van der Waals surface area (Å²) >= 11 is 0. The van der Waals surface area contributed by atoms with Gasteiger partial charge in [0.15, 0.2) is 6.29 Å². The Balaban J connectivity index is 2.36. The van der Waals surface area contributed by atoms with Gasteiger partial charge in [0.05, 0.1) is 12.7 Å². The molecule has 1 rings (SSSR count). The van der Waals surface area contributed by atoms with Crippen LogP contribution in [-0.4, -0.2) is 35.3 Å². The molecule has 0 aromatic rings. The van der Waals surface area contributed by atoms with Crippen LogP contribution in [0.25, 0.3) is 0 Å². The van der Waals surface area contributed by atoms with Crippen molar-refractivity contribution < 1.29 is 19.5 Å². The fourth-order valence-corrected chi connectivity index (χ4v) is 1.16. The van der Waals surface area contributed by atoms with Crippen molar-refractivity contribution in [2.45, 2.75) is 24.9 Å². The van der Waals surface area contributed by atoms with Crippen LogP contribution in [0.4, 0.5) is 0 Å². The Labute approximate surface area is 61.4 Å². The van der Waals surface area contributed by atoms with E-state index in [4.69, 9.17) is 14.9 Å². The second-order valence-corrected chi connectivity index (χ2v) is 2.57. The highest BCUT2D eigenvalue weighted by Gasteiger charge is 2.28. The number of ether oxygens (including phenoxy) is 1. The highest BCUT2D eigenvalue weighted by atomic mass is 31.0. The van der Waals surface area contributed by atoms with Gasteiger partial charge in [-0.25, -0.2) is 0 Å². The summed E-state index contributed by atoms with van der Waals surface area (Å²) in [5, 5.41) is 18.1. The van der Waals surface area contributed by atoms with Gasteiger partial charge in [-0.1, -0.05) is 0 Å². The molecule has 1 aliphatic heterocycles. The molecule has 4 nitrogen and oxygen atoms in total. The lowest BCUT2D eigenvalue weighted by Gasteiger charge is -2.29. The third kappa shape index (κ3) is 1.87. The molecule has 0 bridgehead atoms. The van der Waals surface area contributed by atoms with Gasteiger partial charge in [-0.05, 0) is 0 Å². The normalized spacial score (nSPS) is 41.7. The fourth-order valence-electron chi connectivity index (χ4n) is 0.905. The molecule has 1 saturated heterocycles.